The molecule has 25 heavy (non-hydrogen) atoms. The maximum absolute atomic E-state index is 12.9. The third-order valence-corrected chi connectivity index (χ3v) is 5.68. The molecule has 0 aliphatic carbocycles. The van der Waals surface area contributed by atoms with Crippen molar-refractivity contribution in [1.29, 1.82) is 0 Å². The molecule has 1 N–H and O–H groups in total. The molecule has 1 amide bonds. The summed E-state index contributed by atoms with van der Waals surface area (Å²) >= 11 is 0. The number of ether oxygens (including phenoxy) is 1. The minimum Gasteiger partial charge on any atom is -0.491 e. The van der Waals surface area contributed by atoms with E-state index in [1.54, 1.807) is 0 Å². The smallest absolute Gasteiger partial charge is 0.416 e. The van der Waals surface area contributed by atoms with Crippen LogP contribution >= 0.6 is 0 Å². The number of halogens is 3. The monoisotopic (exact) mass is 379 g/mol. The van der Waals surface area contributed by atoms with Crippen molar-refractivity contribution in [3.63, 3.8) is 0 Å². The van der Waals surface area contributed by atoms with Crippen LogP contribution in [0.25, 0.3) is 0 Å². The lowest BCUT2D eigenvalue weighted by atomic mass is 10.0. The number of nitrogens with one attached hydrogen (secondary N) is 1. The first-order valence-electron chi connectivity index (χ1n) is 7.95. The molecule has 2 rings (SSSR count). The Morgan fingerprint density at radius 1 is 1.36 bits per heavy atom. The topological polar surface area (TPSA) is 72.5 Å². The number of sulfone groups is 1. The van der Waals surface area contributed by atoms with Crippen LogP contribution in [0.5, 0.6) is 5.75 Å². The minimum absolute atomic E-state index is 0.0410. The number of anilines is 1. The molecule has 0 aromatic heterocycles. The van der Waals surface area contributed by atoms with Gasteiger partial charge in [-0.1, -0.05) is 6.92 Å². The lowest BCUT2D eigenvalue weighted by Crippen LogP contribution is -2.18. The molecule has 9 heteroatoms. The predicted octanol–water partition coefficient (Wildman–Crippen LogP) is 3.26. The molecule has 0 saturated carbocycles. The van der Waals surface area contributed by atoms with Crippen molar-refractivity contribution >= 4 is 21.4 Å². The van der Waals surface area contributed by atoms with Gasteiger partial charge >= 0.3 is 6.18 Å². The number of rotatable bonds is 6. The summed E-state index contributed by atoms with van der Waals surface area (Å²) in [5.41, 5.74) is -0.954. The Morgan fingerprint density at radius 3 is 2.64 bits per heavy atom. The molecule has 1 fully saturated rings. The Bertz CT molecular complexity index is 731. The molecular formula is C16H20F3NO4S. The second-order valence-electron chi connectivity index (χ2n) is 6.08. The van der Waals surface area contributed by atoms with Gasteiger partial charge in [-0.05, 0) is 37.0 Å². The van der Waals surface area contributed by atoms with Gasteiger partial charge in [0.05, 0.1) is 29.4 Å². The number of amides is 1. The second-order valence-corrected chi connectivity index (χ2v) is 8.31. The van der Waals surface area contributed by atoms with Crippen LogP contribution < -0.4 is 10.1 Å². The van der Waals surface area contributed by atoms with Crippen LogP contribution in [-0.4, -0.2) is 32.4 Å². The number of benzene rings is 1. The molecule has 1 heterocycles. The molecule has 5 nitrogen and oxygen atoms in total. The van der Waals surface area contributed by atoms with Gasteiger partial charge in [0, 0.05) is 6.42 Å². The average molecular weight is 379 g/mol. The fourth-order valence-corrected chi connectivity index (χ4v) is 4.50. The standard InChI is InChI=1S/C16H20F3NO4S/c1-2-6-24-14-4-3-12(16(17,18)19)9-13(14)20-15(21)8-11-5-7-25(22,23)10-11/h3-4,9,11H,2,5-8,10H2,1H3,(H,20,21)/t11-/m1/s1. The van der Waals surface area contributed by atoms with E-state index < -0.39 is 27.5 Å². The van der Waals surface area contributed by atoms with Gasteiger partial charge in [0.25, 0.3) is 0 Å². The van der Waals surface area contributed by atoms with Crippen LogP contribution in [0.2, 0.25) is 0 Å². The molecule has 140 valence electrons. The van der Waals surface area contributed by atoms with E-state index in [1.165, 1.54) is 6.07 Å². The van der Waals surface area contributed by atoms with Crippen molar-refractivity contribution in [2.75, 3.05) is 23.4 Å². The van der Waals surface area contributed by atoms with E-state index >= 15 is 0 Å². The molecule has 1 aromatic rings. The summed E-state index contributed by atoms with van der Waals surface area (Å²) < 4.78 is 66.9. The Morgan fingerprint density at radius 2 is 2.08 bits per heavy atom. The minimum atomic E-state index is -4.54. The van der Waals surface area contributed by atoms with E-state index in [1.807, 2.05) is 6.92 Å². The molecule has 1 saturated heterocycles. The highest BCUT2D eigenvalue weighted by Crippen LogP contribution is 2.35. The number of carbonyl (C=O) groups excluding carboxylic acids is 1. The van der Waals surface area contributed by atoms with Crippen molar-refractivity contribution in [2.45, 2.75) is 32.4 Å². The van der Waals surface area contributed by atoms with E-state index in [0.29, 0.717) is 19.4 Å². The fraction of sp³-hybridized carbons (Fsp3) is 0.562. The molecule has 0 spiro atoms. The van der Waals surface area contributed by atoms with Crippen molar-refractivity contribution in [3.05, 3.63) is 23.8 Å². The van der Waals surface area contributed by atoms with E-state index in [2.05, 4.69) is 5.32 Å². The molecule has 1 aliphatic rings. The molecule has 0 bridgehead atoms. The third-order valence-electron chi connectivity index (χ3n) is 3.84. The number of hydrogen-bond acceptors (Lipinski definition) is 4. The van der Waals surface area contributed by atoms with Crippen LogP contribution in [-0.2, 0) is 20.8 Å². The van der Waals surface area contributed by atoms with Gasteiger partial charge in [-0.3, -0.25) is 4.79 Å². The molecule has 1 aromatic carbocycles. The molecule has 1 atom stereocenters. The first kappa shape index (κ1) is 19.6. The zero-order chi connectivity index (χ0) is 18.7. The van der Waals surface area contributed by atoms with E-state index in [9.17, 15) is 26.4 Å². The summed E-state index contributed by atoms with van der Waals surface area (Å²) in [4.78, 5) is 12.1. The summed E-state index contributed by atoms with van der Waals surface area (Å²) in [5.74, 6) is -0.706. The lowest BCUT2D eigenvalue weighted by Gasteiger charge is -2.16. The number of hydrogen-bond donors (Lipinski definition) is 1. The molecule has 0 unspecified atom stereocenters. The highest BCUT2D eigenvalue weighted by atomic mass is 32.2. The average Bonchev–Trinajstić information content (AvgIpc) is 2.83. The van der Waals surface area contributed by atoms with Crippen LogP contribution in [0.1, 0.15) is 31.7 Å². The first-order valence-corrected chi connectivity index (χ1v) is 9.77. The second kappa shape index (κ2) is 7.63. The normalized spacial score (nSPS) is 19.6. The Kier molecular flexibility index (Phi) is 5.97. The first-order chi connectivity index (χ1) is 11.6. The van der Waals surface area contributed by atoms with Crippen molar-refractivity contribution < 1.29 is 31.1 Å². The van der Waals surface area contributed by atoms with Crippen molar-refractivity contribution in [3.8, 4) is 5.75 Å². The van der Waals surface area contributed by atoms with Gasteiger partial charge in [-0.25, -0.2) is 8.42 Å². The lowest BCUT2D eigenvalue weighted by molar-refractivity contribution is -0.137. The highest BCUT2D eigenvalue weighted by Gasteiger charge is 2.32. The Labute approximate surface area is 144 Å². The summed E-state index contributed by atoms with van der Waals surface area (Å²) in [6.07, 6.45) is -3.54. The van der Waals surface area contributed by atoms with Crippen LogP contribution in [0.15, 0.2) is 18.2 Å². The number of carbonyl (C=O) groups is 1. The Balaban J connectivity index is 2.13. The zero-order valence-electron chi connectivity index (χ0n) is 13.7. The third kappa shape index (κ3) is 5.62. The van der Waals surface area contributed by atoms with Crippen molar-refractivity contribution in [2.24, 2.45) is 5.92 Å². The van der Waals surface area contributed by atoms with Gasteiger partial charge in [0.1, 0.15) is 5.75 Å². The van der Waals surface area contributed by atoms with Gasteiger partial charge in [0.15, 0.2) is 9.84 Å². The fourth-order valence-electron chi connectivity index (χ4n) is 2.64. The quantitative estimate of drug-likeness (QED) is 0.824. The zero-order valence-corrected chi connectivity index (χ0v) is 14.5. The largest absolute Gasteiger partial charge is 0.491 e. The summed E-state index contributed by atoms with van der Waals surface area (Å²) in [6, 6.07) is 2.90. The summed E-state index contributed by atoms with van der Waals surface area (Å²) in [7, 11) is -3.11. The highest BCUT2D eigenvalue weighted by molar-refractivity contribution is 7.91. The van der Waals surface area contributed by atoms with Crippen LogP contribution in [0.4, 0.5) is 18.9 Å². The van der Waals surface area contributed by atoms with Crippen LogP contribution in [0, 0.1) is 5.92 Å². The maximum Gasteiger partial charge on any atom is 0.416 e. The maximum atomic E-state index is 12.9. The SMILES string of the molecule is CCCOc1ccc(C(F)(F)F)cc1NC(=O)C[C@H]1CCS(=O)(=O)C1. The van der Waals surface area contributed by atoms with Gasteiger partial charge < -0.3 is 10.1 Å². The van der Waals surface area contributed by atoms with E-state index in [0.717, 1.165) is 12.1 Å². The van der Waals surface area contributed by atoms with Gasteiger partial charge in [0.2, 0.25) is 5.91 Å². The van der Waals surface area contributed by atoms with E-state index in [4.69, 9.17) is 4.74 Å². The summed E-state index contributed by atoms with van der Waals surface area (Å²) in [6.45, 7) is 2.15. The molecule has 1 aliphatic heterocycles. The van der Waals surface area contributed by atoms with Crippen molar-refractivity contribution in [1.82, 2.24) is 0 Å². The van der Waals surface area contributed by atoms with Gasteiger partial charge in [-0.15, -0.1) is 0 Å². The van der Waals surface area contributed by atoms with Gasteiger partial charge in [-0.2, -0.15) is 13.2 Å². The Hall–Kier alpha value is -1.77. The van der Waals surface area contributed by atoms with E-state index in [-0.39, 0.29) is 35.3 Å². The molecular weight excluding hydrogens is 359 g/mol. The predicted molar refractivity (Wildman–Crippen MR) is 87.2 cm³/mol. The van der Waals surface area contributed by atoms with Crippen LogP contribution in [0.3, 0.4) is 0 Å². The molecule has 0 radical (unpaired) electrons. The number of alkyl halides is 3. The summed E-state index contributed by atoms with van der Waals surface area (Å²) in [5, 5.41) is 2.43.